The van der Waals surface area contributed by atoms with Gasteiger partial charge < -0.3 is 9.57 Å². The van der Waals surface area contributed by atoms with E-state index in [0.29, 0.717) is 23.4 Å². The Labute approximate surface area is 212 Å². The fraction of sp³-hybridized carbons (Fsp3) is 0.200. The Hall–Kier alpha value is -3.70. The molecule has 186 valence electrons. The molecule has 0 radical (unpaired) electrons. The lowest BCUT2D eigenvalue weighted by molar-refractivity contribution is -0.118. The third-order valence-corrected chi connectivity index (χ3v) is 7.91. The number of hydrogen-bond donors (Lipinski definition) is 1. The van der Waals surface area contributed by atoms with Crippen molar-refractivity contribution >= 4 is 38.5 Å². The highest BCUT2D eigenvalue weighted by molar-refractivity contribution is 8.15. The number of carbonyl (C=O) groups excluding carboxylic acids is 2. The molecule has 1 saturated heterocycles. The van der Waals surface area contributed by atoms with Crippen molar-refractivity contribution < 1.29 is 27.6 Å². The lowest BCUT2D eigenvalue weighted by Gasteiger charge is -2.08. The maximum absolute atomic E-state index is 12.6. The minimum Gasteiger partial charge on any atom is -0.490 e. The average molecular weight is 526 g/mol. The van der Waals surface area contributed by atoms with E-state index in [0.717, 1.165) is 17.3 Å². The van der Waals surface area contributed by atoms with Crippen LogP contribution < -0.4 is 10.1 Å². The second-order valence-corrected chi connectivity index (χ2v) is 10.9. The molecule has 36 heavy (non-hydrogen) atoms. The fourth-order valence-electron chi connectivity index (χ4n) is 3.33. The molecule has 4 rings (SSSR count). The van der Waals surface area contributed by atoms with Gasteiger partial charge in [-0.05, 0) is 55.3 Å². The molecule has 0 spiro atoms. The van der Waals surface area contributed by atoms with Crippen LogP contribution in [0.15, 0.2) is 88.0 Å². The number of amides is 2. The van der Waals surface area contributed by atoms with Crippen LogP contribution in [0.3, 0.4) is 0 Å². The van der Waals surface area contributed by atoms with Gasteiger partial charge in [0.25, 0.3) is 5.24 Å². The number of carbonyl (C=O) groups is 2. The Bertz CT molecular complexity index is 1360. The first kappa shape index (κ1) is 25.4. The number of hydrogen-bond acceptors (Lipinski definition) is 9. The second-order valence-electron chi connectivity index (χ2n) is 7.79. The minimum atomic E-state index is -3.68. The second kappa shape index (κ2) is 11.4. The highest BCUT2D eigenvalue weighted by atomic mass is 32.2. The Morgan fingerprint density at radius 2 is 1.78 bits per heavy atom. The van der Waals surface area contributed by atoms with Gasteiger partial charge in [-0.1, -0.05) is 47.2 Å². The Kier molecular flexibility index (Phi) is 8.01. The summed E-state index contributed by atoms with van der Waals surface area (Å²) in [6.45, 7) is 2.20. The molecule has 1 aromatic heterocycles. The van der Waals surface area contributed by atoms with Gasteiger partial charge in [0.05, 0.1) is 15.9 Å². The summed E-state index contributed by atoms with van der Waals surface area (Å²) in [6, 6.07) is 18.5. The maximum atomic E-state index is 12.6. The van der Waals surface area contributed by atoms with Crippen molar-refractivity contribution in [3.05, 3.63) is 84.1 Å². The summed E-state index contributed by atoms with van der Waals surface area (Å²) in [5.74, 6) is 0.379. The van der Waals surface area contributed by atoms with Crippen LogP contribution in [-0.4, -0.2) is 48.7 Å². The quantitative estimate of drug-likeness (QED) is 0.242. The molecular weight excluding hydrogens is 502 g/mol. The predicted octanol–water partition coefficient (Wildman–Crippen LogP) is 3.63. The molecule has 1 N–H and O–H groups in total. The van der Waals surface area contributed by atoms with Crippen LogP contribution in [0.2, 0.25) is 0 Å². The van der Waals surface area contributed by atoms with E-state index in [4.69, 9.17) is 9.57 Å². The van der Waals surface area contributed by atoms with Gasteiger partial charge in [-0.3, -0.25) is 14.9 Å². The fourth-order valence-corrected chi connectivity index (χ4v) is 5.38. The number of thioether (sulfide) groups is 1. The third-order valence-electron chi connectivity index (χ3n) is 5.24. The zero-order valence-electron chi connectivity index (χ0n) is 19.3. The summed E-state index contributed by atoms with van der Waals surface area (Å²) in [6.07, 6.45) is 1.91. The van der Waals surface area contributed by atoms with E-state index in [9.17, 15) is 18.0 Å². The average Bonchev–Trinajstić information content (AvgIpc) is 3.21. The number of nitrogens with one attached hydrogen (secondary N) is 1. The zero-order chi connectivity index (χ0) is 25.5. The van der Waals surface area contributed by atoms with Gasteiger partial charge in [0.15, 0.2) is 11.6 Å². The summed E-state index contributed by atoms with van der Waals surface area (Å²) in [5.41, 5.74) is 2.11. The largest absolute Gasteiger partial charge is 0.490 e. The van der Waals surface area contributed by atoms with Crippen molar-refractivity contribution in [3.8, 4) is 5.75 Å². The van der Waals surface area contributed by atoms with Crippen molar-refractivity contribution in [2.45, 2.75) is 28.5 Å². The number of nitrogens with zero attached hydrogens (tertiary/aromatic N) is 2. The smallest absolute Gasteiger partial charge is 0.286 e. The van der Waals surface area contributed by atoms with Gasteiger partial charge in [-0.2, -0.15) is 0 Å². The molecule has 9 nitrogen and oxygen atoms in total. The molecule has 2 heterocycles. The van der Waals surface area contributed by atoms with E-state index in [1.165, 1.54) is 24.4 Å². The van der Waals surface area contributed by atoms with E-state index in [1.54, 1.807) is 43.3 Å². The van der Waals surface area contributed by atoms with Crippen molar-refractivity contribution in [3.63, 3.8) is 0 Å². The van der Waals surface area contributed by atoms with Crippen LogP contribution in [0.5, 0.6) is 5.75 Å². The van der Waals surface area contributed by atoms with Crippen molar-refractivity contribution in [2.24, 2.45) is 5.16 Å². The number of benzene rings is 2. The predicted molar refractivity (Wildman–Crippen MR) is 135 cm³/mol. The Morgan fingerprint density at radius 1 is 1.03 bits per heavy atom. The third kappa shape index (κ3) is 6.29. The Morgan fingerprint density at radius 3 is 2.42 bits per heavy atom. The highest BCUT2D eigenvalue weighted by Crippen LogP contribution is 2.24. The van der Waals surface area contributed by atoms with Crippen molar-refractivity contribution in [1.82, 2.24) is 10.3 Å². The number of rotatable bonds is 10. The van der Waals surface area contributed by atoms with E-state index < -0.39 is 15.1 Å². The van der Waals surface area contributed by atoms with Crippen LogP contribution in [-0.2, 0) is 25.9 Å². The molecule has 1 aliphatic heterocycles. The van der Waals surface area contributed by atoms with Crippen LogP contribution in [0, 0.1) is 0 Å². The molecule has 1 fully saturated rings. The standard InChI is InChI=1S/C25H23N3O6S2/c1-17(19-9-12-23(26-16-19)36(31,32)21-5-3-2-4-6-21)28-34-14-13-33-20-10-7-18(8-11-20)15-22-24(29)27-25(30)35-22/h2-12,16,22H,13-15H2,1H3,(H,27,29,30). The van der Waals surface area contributed by atoms with E-state index in [1.807, 2.05) is 12.1 Å². The highest BCUT2D eigenvalue weighted by Gasteiger charge is 2.31. The van der Waals surface area contributed by atoms with E-state index in [2.05, 4.69) is 15.5 Å². The zero-order valence-corrected chi connectivity index (χ0v) is 20.9. The van der Waals surface area contributed by atoms with Crippen LogP contribution in [0.4, 0.5) is 4.79 Å². The molecule has 2 aromatic carbocycles. The van der Waals surface area contributed by atoms with Crippen LogP contribution in [0.25, 0.3) is 0 Å². The number of oxime groups is 1. The van der Waals surface area contributed by atoms with Crippen molar-refractivity contribution in [1.29, 1.82) is 0 Å². The van der Waals surface area contributed by atoms with Gasteiger partial charge in [0, 0.05) is 11.8 Å². The van der Waals surface area contributed by atoms with E-state index >= 15 is 0 Å². The first-order chi connectivity index (χ1) is 17.3. The molecular formula is C25H23N3O6S2. The van der Waals surface area contributed by atoms with Crippen LogP contribution >= 0.6 is 11.8 Å². The van der Waals surface area contributed by atoms with E-state index in [-0.39, 0.29) is 34.3 Å². The lowest BCUT2D eigenvalue weighted by Crippen LogP contribution is -2.25. The summed E-state index contributed by atoms with van der Waals surface area (Å²) in [4.78, 5) is 32.5. The first-order valence-corrected chi connectivity index (χ1v) is 13.4. The SMILES string of the molecule is CC(=NOCCOc1ccc(CC2SC(=O)NC2=O)cc1)c1ccc(S(=O)(=O)c2ccccc2)nc1. The molecule has 11 heteroatoms. The van der Waals surface area contributed by atoms with Gasteiger partial charge in [-0.15, -0.1) is 0 Å². The summed E-state index contributed by atoms with van der Waals surface area (Å²) < 4.78 is 30.9. The molecule has 1 unspecified atom stereocenters. The van der Waals surface area contributed by atoms with Gasteiger partial charge in [-0.25, -0.2) is 13.4 Å². The molecule has 2 amide bonds. The lowest BCUT2D eigenvalue weighted by atomic mass is 10.1. The number of aromatic nitrogens is 1. The monoisotopic (exact) mass is 525 g/mol. The molecule has 3 aromatic rings. The number of pyridine rings is 1. The normalized spacial score (nSPS) is 16.0. The number of sulfone groups is 1. The molecule has 0 saturated carbocycles. The Balaban J connectivity index is 1.23. The summed E-state index contributed by atoms with van der Waals surface area (Å²) in [5, 5.41) is 5.56. The van der Waals surface area contributed by atoms with Gasteiger partial charge in [0.1, 0.15) is 12.4 Å². The van der Waals surface area contributed by atoms with Gasteiger partial charge in [0.2, 0.25) is 15.7 Å². The molecule has 1 atom stereocenters. The summed E-state index contributed by atoms with van der Waals surface area (Å²) >= 11 is 1.00. The first-order valence-electron chi connectivity index (χ1n) is 11.0. The maximum Gasteiger partial charge on any atom is 0.286 e. The topological polar surface area (TPSA) is 124 Å². The number of ether oxygens (including phenoxy) is 1. The molecule has 0 bridgehead atoms. The molecule has 1 aliphatic rings. The van der Waals surface area contributed by atoms with Crippen molar-refractivity contribution in [2.75, 3.05) is 13.2 Å². The van der Waals surface area contributed by atoms with Gasteiger partial charge >= 0.3 is 0 Å². The van der Waals surface area contributed by atoms with Crippen LogP contribution in [0.1, 0.15) is 18.1 Å². The molecule has 0 aliphatic carbocycles. The summed E-state index contributed by atoms with van der Waals surface area (Å²) in [7, 11) is -3.68. The number of imide groups is 1. The minimum absolute atomic E-state index is 0.0376.